The van der Waals surface area contributed by atoms with E-state index in [2.05, 4.69) is 10.3 Å². The van der Waals surface area contributed by atoms with E-state index in [4.69, 9.17) is 0 Å². The van der Waals surface area contributed by atoms with Crippen LogP contribution in [0.25, 0.3) is 10.8 Å². The molecule has 1 amide bonds. The molecule has 4 rings (SSSR count). The largest absolute Gasteiger partial charge is 0.312 e. The Balaban J connectivity index is 2.01. The molecule has 126 valence electrons. The average Bonchev–Trinajstić information content (AvgIpc) is 2.63. The fourth-order valence-electron chi connectivity index (χ4n) is 3.54. The van der Waals surface area contributed by atoms with Gasteiger partial charge in [-0.2, -0.15) is 4.98 Å². The van der Waals surface area contributed by atoms with Crippen molar-refractivity contribution < 1.29 is 4.79 Å². The summed E-state index contributed by atoms with van der Waals surface area (Å²) in [6.07, 6.45) is 2.11. The maximum absolute atomic E-state index is 12.7. The third-order valence-corrected chi connectivity index (χ3v) is 5.41. The number of hydrogen-bond donors (Lipinski definition) is 1. The van der Waals surface area contributed by atoms with Crippen LogP contribution in [0, 0.1) is 0 Å². The molecular weight excluding hydrogens is 334 g/mol. The molecule has 1 atom stereocenters. The van der Waals surface area contributed by atoms with Crippen molar-refractivity contribution in [2.45, 2.75) is 17.5 Å². The number of thioether (sulfide) groups is 1. The van der Waals surface area contributed by atoms with Gasteiger partial charge in [0.15, 0.2) is 5.16 Å². The molecule has 1 N–H and O–H groups in total. The number of rotatable bonds is 2. The molecule has 0 saturated carbocycles. The van der Waals surface area contributed by atoms with Crippen LogP contribution in [0.3, 0.4) is 0 Å². The van der Waals surface area contributed by atoms with Gasteiger partial charge in [0.05, 0.1) is 5.56 Å². The van der Waals surface area contributed by atoms with Gasteiger partial charge in [0, 0.05) is 19.4 Å². The van der Waals surface area contributed by atoms with Gasteiger partial charge in [0.25, 0.3) is 5.56 Å². The maximum Gasteiger partial charge on any atom is 0.279 e. The minimum absolute atomic E-state index is 0.0845. The molecule has 0 aliphatic carbocycles. The molecule has 0 saturated heterocycles. The predicted octanol–water partition coefficient (Wildman–Crippen LogP) is 3.13. The molecule has 1 unspecified atom stereocenters. The van der Waals surface area contributed by atoms with Crippen LogP contribution in [0.5, 0.6) is 0 Å². The van der Waals surface area contributed by atoms with Gasteiger partial charge in [-0.1, -0.05) is 54.2 Å². The van der Waals surface area contributed by atoms with Gasteiger partial charge >= 0.3 is 0 Å². The van der Waals surface area contributed by atoms with Gasteiger partial charge in [0.2, 0.25) is 5.91 Å². The molecule has 0 fully saturated rings. The highest BCUT2D eigenvalue weighted by molar-refractivity contribution is 7.98. The number of anilines is 1. The molecule has 2 heterocycles. The van der Waals surface area contributed by atoms with Crippen molar-refractivity contribution in [3.63, 3.8) is 0 Å². The number of carbonyl (C=O) groups excluding carboxylic acids is 1. The minimum Gasteiger partial charge on any atom is -0.312 e. The number of amides is 1. The third-order valence-electron chi connectivity index (χ3n) is 4.68. The van der Waals surface area contributed by atoms with Crippen LogP contribution in [0.4, 0.5) is 5.82 Å². The smallest absolute Gasteiger partial charge is 0.279 e. The van der Waals surface area contributed by atoms with Crippen molar-refractivity contribution in [3.05, 3.63) is 63.9 Å². The number of aromatic nitrogens is 2. The lowest BCUT2D eigenvalue weighted by atomic mass is 9.84. The number of hydrogen-bond acceptors (Lipinski definition) is 4. The zero-order valence-corrected chi connectivity index (χ0v) is 14.8. The fourth-order valence-corrected chi connectivity index (χ4v) is 4.08. The van der Waals surface area contributed by atoms with Gasteiger partial charge in [-0.3, -0.25) is 9.59 Å². The zero-order chi connectivity index (χ0) is 17.6. The first-order valence-electron chi connectivity index (χ1n) is 8.02. The SMILES string of the molecule is CSc1nc(=O)c2c(n1C)NC(=O)CC2c1cccc2ccccc12. The Morgan fingerprint density at radius 1 is 1.16 bits per heavy atom. The van der Waals surface area contributed by atoms with E-state index >= 15 is 0 Å². The first-order chi connectivity index (χ1) is 12.1. The summed E-state index contributed by atoms with van der Waals surface area (Å²) in [7, 11) is 1.82. The highest BCUT2D eigenvalue weighted by Gasteiger charge is 2.32. The summed E-state index contributed by atoms with van der Waals surface area (Å²) in [6.45, 7) is 0. The lowest BCUT2D eigenvalue weighted by Crippen LogP contribution is -2.33. The van der Waals surface area contributed by atoms with Gasteiger partial charge in [-0.25, -0.2) is 0 Å². The van der Waals surface area contributed by atoms with Gasteiger partial charge in [-0.05, 0) is 22.6 Å². The monoisotopic (exact) mass is 351 g/mol. The minimum atomic E-state index is -0.294. The van der Waals surface area contributed by atoms with Crippen molar-refractivity contribution >= 4 is 34.3 Å². The first kappa shape index (κ1) is 15.9. The summed E-state index contributed by atoms with van der Waals surface area (Å²) in [6, 6.07) is 14.0. The number of benzene rings is 2. The standard InChI is InChI=1S/C19H17N3O2S/c1-22-17-16(18(24)21-19(22)25-2)14(10-15(23)20-17)13-9-5-7-11-6-3-4-8-12(11)13/h3-9,14H,10H2,1-2H3,(H,20,23). The molecule has 0 spiro atoms. The molecule has 2 aromatic carbocycles. The normalized spacial score (nSPS) is 16.6. The van der Waals surface area contributed by atoms with E-state index in [1.54, 1.807) is 4.57 Å². The highest BCUT2D eigenvalue weighted by Crippen LogP contribution is 2.38. The molecule has 25 heavy (non-hydrogen) atoms. The topological polar surface area (TPSA) is 64.0 Å². The Bertz CT molecular complexity index is 1050. The third kappa shape index (κ3) is 2.53. The van der Waals surface area contributed by atoms with E-state index in [1.807, 2.05) is 55.8 Å². The van der Waals surface area contributed by atoms with Crippen molar-refractivity contribution in [1.29, 1.82) is 0 Å². The van der Waals surface area contributed by atoms with E-state index in [9.17, 15) is 9.59 Å². The Morgan fingerprint density at radius 3 is 2.72 bits per heavy atom. The summed E-state index contributed by atoms with van der Waals surface area (Å²) in [4.78, 5) is 29.3. The van der Waals surface area contributed by atoms with Gasteiger partial charge < -0.3 is 9.88 Å². The summed E-state index contributed by atoms with van der Waals surface area (Å²) in [5.74, 6) is 0.175. The summed E-state index contributed by atoms with van der Waals surface area (Å²) < 4.78 is 1.79. The molecule has 1 aliphatic heterocycles. The molecule has 1 aromatic heterocycles. The van der Waals surface area contributed by atoms with Crippen LogP contribution >= 0.6 is 11.8 Å². The van der Waals surface area contributed by atoms with Crippen molar-refractivity contribution in [2.24, 2.45) is 7.05 Å². The molecule has 0 bridgehead atoms. The lowest BCUT2D eigenvalue weighted by Gasteiger charge is -2.28. The van der Waals surface area contributed by atoms with Crippen molar-refractivity contribution in [3.8, 4) is 0 Å². The average molecular weight is 351 g/mol. The van der Waals surface area contributed by atoms with Crippen LogP contribution in [0.2, 0.25) is 0 Å². The van der Waals surface area contributed by atoms with Gasteiger partial charge in [0.1, 0.15) is 5.82 Å². The van der Waals surface area contributed by atoms with Crippen molar-refractivity contribution in [2.75, 3.05) is 11.6 Å². The molecule has 3 aromatic rings. The second kappa shape index (κ2) is 6.04. The molecule has 6 heteroatoms. The second-order valence-electron chi connectivity index (χ2n) is 6.10. The molecule has 1 aliphatic rings. The van der Waals surface area contributed by atoms with Crippen LogP contribution in [0.15, 0.2) is 52.4 Å². The molecule has 5 nitrogen and oxygen atoms in total. The Labute approximate surface area is 149 Å². The Morgan fingerprint density at radius 2 is 1.92 bits per heavy atom. The highest BCUT2D eigenvalue weighted by atomic mass is 32.2. The molecular formula is C19H17N3O2S. The predicted molar refractivity (Wildman–Crippen MR) is 100 cm³/mol. The van der Waals surface area contributed by atoms with Crippen LogP contribution in [-0.2, 0) is 11.8 Å². The molecule has 0 radical (unpaired) electrons. The van der Waals surface area contributed by atoms with Crippen molar-refractivity contribution in [1.82, 2.24) is 9.55 Å². The van der Waals surface area contributed by atoms with E-state index in [0.717, 1.165) is 16.3 Å². The number of nitrogens with zero attached hydrogens (tertiary/aromatic N) is 2. The van der Waals surface area contributed by atoms with Crippen LogP contribution < -0.4 is 10.9 Å². The summed E-state index contributed by atoms with van der Waals surface area (Å²) >= 11 is 1.38. The summed E-state index contributed by atoms with van der Waals surface area (Å²) in [5.41, 5.74) is 1.29. The summed E-state index contributed by atoms with van der Waals surface area (Å²) in [5, 5.41) is 5.61. The Kier molecular flexibility index (Phi) is 3.84. The zero-order valence-electron chi connectivity index (χ0n) is 13.9. The number of fused-ring (bicyclic) bond motifs is 2. The van der Waals surface area contributed by atoms with Crippen LogP contribution in [-0.4, -0.2) is 21.7 Å². The number of nitrogens with one attached hydrogen (secondary N) is 1. The van der Waals surface area contributed by atoms with Crippen LogP contribution in [0.1, 0.15) is 23.5 Å². The van der Waals surface area contributed by atoms with E-state index in [1.165, 1.54) is 11.8 Å². The van der Waals surface area contributed by atoms with E-state index in [-0.39, 0.29) is 23.8 Å². The van der Waals surface area contributed by atoms with E-state index < -0.39 is 0 Å². The lowest BCUT2D eigenvalue weighted by molar-refractivity contribution is -0.116. The Hall–Kier alpha value is -2.60. The fraction of sp³-hybridized carbons (Fsp3) is 0.211. The van der Waals surface area contributed by atoms with Gasteiger partial charge in [-0.15, -0.1) is 0 Å². The second-order valence-corrected chi connectivity index (χ2v) is 6.87. The maximum atomic E-state index is 12.7. The van der Waals surface area contributed by atoms with E-state index in [0.29, 0.717) is 16.5 Å². The first-order valence-corrected chi connectivity index (χ1v) is 9.25. The number of carbonyl (C=O) groups is 1. The quantitative estimate of drug-likeness (QED) is 0.569.